The maximum absolute atomic E-state index is 12.7. The van der Waals surface area contributed by atoms with Crippen molar-refractivity contribution in [3.63, 3.8) is 0 Å². The van der Waals surface area contributed by atoms with Crippen molar-refractivity contribution in [1.82, 2.24) is 9.88 Å². The zero-order valence-corrected chi connectivity index (χ0v) is 14.6. The van der Waals surface area contributed by atoms with Gasteiger partial charge in [-0.1, -0.05) is 12.1 Å². The lowest BCUT2D eigenvalue weighted by Crippen LogP contribution is -2.35. The molecule has 122 valence electrons. The van der Waals surface area contributed by atoms with Gasteiger partial charge >= 0.3 is 0 Å². The summed E-state index contributed by atoms with van der Waals surface area (Å²) in [6, 6.07) is 7.64. The first kappa shape index (κ1) is 16.5. The van der Waals surface area contributed by atoms with Crippen LogP contribution in [0.1, 0.15) is 28.9 Å². The third-order valence-electron chi connectivity index (χ3n) is 3.95. The van der Waals surface area contributed by atoms with E-state index in [0.717, 1.165) is 29.2 Å². The van der Waals surface area contributed by atoms with Crippen molar-refractivity contribution in [2.24, 2.45) is 5.92 Å². The van der Waals surface area contributed by atoms with Crippen molar-refractivity contribution in [1.29, 1.82) is 0 Å². The van der Waals surface area contributed by atoms with Crippen LogP contribution in [0, 0.1) is 5.92 Å². The van der Waals surface area contributed by atoms with Gasteiger partial charge in [-0.3, -0.25) is 4.79 Å². The third-order valence-corrected chi connectivity index (χ3v) is 5.69. The van der Waals surface area contributed by atoms with Crippen LogP contribution >= 0.6 is 23.1 Å². The molecule has 1 aromatic carbocycles. The van der Waals surface area contributed by atoms with Crippen molar-refractivity contribution in [3.8, 4) is 0 Å². The van der Waals surface area contributed by atoms with Crippen LogP contribution in [-0.4, -0.2) is 40.6 Å². The van der Waals surface area contributed by atoms with Crippen LogP contribution in [0.5, 0.6) is 0 Å². The van der Waals surface area contributed by atoms with E-state index in [1.54, 1.807) is 35.0 Å². The predicted octanol–water partition coefficient (Wildman–Crippen LogP) is 3.28. The molecule has 0 aliphatic heterocycles. The number of hydrogen-bond acceptors (Lipinski definition) is 5. The molecule has 1 aliphatic carbocycles. The molecule has 1 aliphatic rings. The highest BCUT2D eigenvalue weighted by Gasteiger charge is 2.31. The zero-order valence-electron chi connectivity index (χ0n) is 13.0. The van der Waals surface area contributed by atoms with Crippen molar-refractivity contribution < 1.29 is 9.90 Å². The van der Waals surface area contributed by atoms with E-state index in [1.807, 2.05) is 35.2 Å². The molecule has 1 unspecified atom stereocenters. The Labute approximate surface area is 144 Å². The van der Waals surface area contributed by atoms with Crippen LogP contribution in [-0.2, 0) is 5.75 Å². The molecule has 1 aromatic heterocycles. The van der Waals surface area contributed by atoms with Gasteiger partial charge < -0.3 is 10.0 Å². The van der Waals surface area contributed by atoms with E-state index in [1.165, 1.54) is 0 Å². The second-order valence-electron chi connectivity index (χ2n) is 5.86. The maximum Gasteiger partial charge on any atom is 0.254 e. The quantitative estimate of drug-likeness (QED) is 0.780. The topological polar surface area (TPSA) is 53.4 Å². The van der Waals surface area contributed by atoms with Gasteiger partial charge in [-0.2, -0.15) is 0 Å². The second-order valence-corrected chi connectivity index (χ2v) is 7.59. The van der Waals surface area contributed by atoms with Crippen molar-refractivity contribution in [2.75, 3.05) is 13.6 Å². The van der Waals surface area contributed by atoms with E-state index < -0.39 is 6.10 Å². The minimum atomic E-state index is -0.404. The number of rotatable bonds is 7. The first-order valence-electron chi connectivity index (χ1n) is 7.67. The van der Waals surface area contributed by atoms with Crippen LogP contribution in [0.15, 0.2) is 40.1 Å². The maximum atomic E-state index is 12.7. The standard InChI is InChI=1S/C17H20N2O2S2/c1-19(8-15(20)12-6-7-12)17(21)14-4-2-3-5-16(14)23-10-13-9-22-11-18-13/h2-5,9,11-12,15,20H,6-8,10H2,1H3. The first-order valence-corrected chi connectivity index (χ1v) is 9.60. The highest BCUT2D eigenvalue weighted by molar-refractivity contribution is 7.98. The Morgan fingerprint density at radius 3 is 2.96 bits per heavy atom. The fourth-order valence-electron chi connectivity index (χ4n) is 2.43. The molecule has 0 saturated heterocycles. The summed E-state index contributed by atoms with van der Waals surface area (Å²) in [5.41, 5.74) is 3.54. The molecular formula is C17H20N2O2S2. The van der Waals surface area contributed by atoms with Gasteiger partial charge in [0.05, 0.1) is 22.9 Å². The third kappa shape index (κ3) is 4.34. The molecule has 1 atom stereocenters. The molecule has 1 heterocycles. The SMILES string of the molecule is CN(CC(O)C1CC1)C(=O)c1ccccc1SCc1cscn1. The number of likely N-dealkylation sites (N-methyl/N-ethyl adjacent to an activating group) is 1. The lowest BCUT2D eigenvalue weighted by molar-refractivity contribution is 0.0642. The molecule has 3 rings (SSSR count). The highest BCUT2D eigenvalue weighted by Crippen LogP contribution is 2.33. The predicted molar refractivity (Wildman–Crippen MR) is 93.8 cm³/mol. The Morgan fingerprint density at radius 2 is 2.26 bits per heavy atom. The Balaban J connectivity index is 1.66. The van der Waals surface area contributed by atoms with E-state index in [0.29, 0.717) is 18.0 Å². The molecule has 0 spiro atoms. The van der Waals surface area contributed by atoms with Gasteiger partial charge in [0.25, 0.3) is 5.91 Å². The summed E-state index contributed by atoms with van der Waals surface area (Å²) in [5, 5.41) is 12.1. The van der Waals surface area contributed by atoms with Crippen molar-refractivity contribution in [2.45, 2.75) is 29.6 Å². The second kappa shape index (κ2) is 7.47. The molecule has 0 radical (unpaired) electrons. The fourth-order valence-corrected chi connectivity index (χ4v) is 4.04. The average molecular weight is 348 g/mol. The number of carbonyl (C=O) groups is 1. The summed E-state index contributed by atoms with van der Waals surface area (Å²) < 4.78 is 0. The molecule has 2 aromatic rings. The molecule has 4 nitrogen and oxygen atoms in total. The number of thiazole rings is 1. The summed E-state index contributed by atoms with van der Waals surface area (Å²) >= 11 is 3.20. The monoisotopic (exact) mass is 348 g/mol. The van der Waals surface area contributed by atoms with Crippen LogP contribution in [0.3, 0.4) is 0 Å². The van der Waals surface area contributed by atoms with Gasteiger partial charge in [0.1, 0.15) is 0 Å². The number of thioether (sulfide) groups is 1. The number of amides is 1. The smallest absolute Gasteiger partial charge is 0.254 e. The zero-order chi connectivity index (χ0) is 16.2. The summed E-state index contributed by atoms with van der Waals surface area (Å²) in [7, 11) is 1.76. The van der Waals surface area contributed by atoms with Gasteiger partial charge in [-0.05, 0) is 30.9 Å². The molecule has 1 N–H and O–H groups in total. The van der Waals surface area contributed by atoms with E-state index in [2.05, 4.69) is 4.98 Å². The summed E-state index contributed by atoms with van der Waals surface area (Å²) in [5.74, 6) is 1.09. The van der Waals surface area contributed by atoms with Crippen molar-refractivity contribution >= 4 is 29.0 Å². The highest BCUT2D eigenvalue weighted by atomic mass is 32.2. The Morgan fingerprint density at radius 1 is 1.48 bits per heavy atom. The lowest BCUT2D eigenvalue weighted by Gasteiger charge is -2.22. The van der Waals surface area contributed by atoms with Crippen LogP contribution in [0.25, 0.3) is 0 Å². The van der Waals surface area contributed by atoms with E-state index in [-0.39, 0.29) is 5.91 Å². The summed E-state index contributed by atoms with van der Waals surface area (Å²) in [6.07, 6.45) is 1.74. The number of nitrogens with zero attached hydrogens (tertiary/aromatic N) is 2. The molecule has 23 heavy (non-hydrogen) atoms. The minimum Gasteiger partial charge on any atom is -0.391 e. The number of hydrogen-bond donors (Lipinski definition) is 1. The molecule has 6 heteroatoms. The largest absolute Gasteiger partial charge is 0.391 e. The number of carbonyl (C=O) groups excluding carboxylic acids is 1. The van der Waals surface area contributed by atoms with Gasteiger partial charge in [-0.15, -0.1) is 23.1 Å². The van der Waals surface area contributed by atoms with Gasteiger partial charge in [-0.25, -0.2) is 4.98 Å². The number of benzene rings is 1. The van der Waals surface area contributed by atoms with Crippen LogP contribution in [0.2, 0.25) is 0 Å². The van der Waals surface area contributed by atoms with Crippen LogP contribution < -0.4 is 0 Å². The van der Waals surface area contributed by atoms with Crippen LogP contribution in [0.4, 0.5) is 0 Å². The Bertz CT molecular complexity index is 656. The van der Waals surface area contributed by atoms with E-state index in [9.17, 15) is 9.90 Å². The molecule has 1 amide bonds. The Hall–Kier alpha value is -1.37. The van der Waals surface area contributed by atoms with Gasteiger partial charge in [0.15, 0.2) is 0 Å². The normalized spacial score (nSPS) is 15.4. The molecule has 1 fully saturated rings. The Kier molecular flexibility index (Phi) is 5.35. The minimum absolute atomic E-state index is 0.0360. The van der Waals surface area contributed by atoms with E-state index >= 15 is 0 Å². The fraction of sp³-hybridized carbons (Fsp3) is 0.412. The number of aromatic nitrogens is 1. The van der Waals surface area contributed by atoms with Gasteiger partial charge in [0.2, 0.25) is 0 Å². The summed E-state index contributed by atoms with van der Waals surface area (Å²) in [6.45, 7) is 0.397. The summed E-state index contributed by atoms with van der Waals surface area (Å²) in [4.78, 5) is 19.6. The van der Waals surface area contributed by atoms with Crippen molar-refractivity contribution in [3.05, 3.63) is 46.4 Å². The first-order chi connectivity index (χ1) is 11.1. The number of aliphatic hydroxyl groups excluding tert-OH is 1. The number of aliphatic hydroxyl groups is 1. The molecule has 1 saturated carbocycles. The molecule has 0 bridgehead atoms. The molecular weight excluding hydrogens is 328 g/mol. The van der Waals surface area contributed by atoms with E-state index in [4.69, 9.17) is 0 Å². The average Bonchev–Trinajstić information content (AvgIpc) is 3.29. The lowest BCUT2D eigenvalue weighted by atomic mass is 10.1. The van der Waals surface area contributed by atoms with Gasteiger partial charge in [0, 0.05) is 29.6 Å².